The number of rotatable bonds is 6. The number of aliphatic hydroxyl groups is 3. The monoisotopic (exact) mass is 415 g/mol. The second kappa shape index (κ2) is 9.36. The molecule has 1 saturated heterocycles. The van der Waals surface area contributed by atoms with Crippen LogP contribution in [0.2, 0.25) is 0 Å². The van der Waals surface area contributed by atoms with Gasteiger partial charge in [-0.05, 0) is 24.6 Å². The molecule has 1 fully saturated rings. The third-order valence-electron chi connectivity index (χ3n) is 4.96. The fourth-order valence-corrected chi connectivity index (χ4v) is 3.41. The lowest BCUT2D eigenvalue weighted by Gasteiger charge is -2.42. The van der Waals surface area contributed by atoms with Gasteiger partial charge in [0, 0.05) is 18.1 Å². The second-order valence-electron chi connectivity index (χ2n) is 7.18. The highest BCUT2D eigenvalue weighted by Crippen LogP contribution is 2.33. The van der Waals surface area contributed by atoms with Crippen molar-refractivity contribution in [3.63, 3.8) is 0 Å². The number of Topliss-reactive ketones (excluding diaryl/α,β-unsaturated/α-hetero) is 1. The third-order valence-corrected chi connectivity index (χ3v) is 4.96. The summed E-state index contributed by atoms with van der Waals surface area (Å²) < 4.78 is 11.6. The van der Waals surface area contributed by atoms with Crippen molar-refractivity contribution in [3.05, 3.63) is 54.1 Å². The minimum Gasteiger partial charge on any atom is -0.462 e. The molecule has 1 aliphatic heterocycles. The van der Waals surface area contributed by atoms with Crippen LogP contribution in [0.15, 0.2) is 48.5 Å². The molecule has 4 N–H and O–H groups in total. The van der Waals surface area contributed by atoms with E-state index in [0.717, 1.165) is 5.56 Å². The Bertz CT molecular complexity index is 916. The van der Waals surface area contributed by atoms with Crippen molar-refractivity contribution in [2.45, 2.75) is 44.5 Å². The Kier molecular flexibility index (Phi) is 6.84. The predicted molar refractivity (Wildman–Crippen MR) is 108 cm³/mol. The molecule has 1 heterocycles. The zero-order valence-electron chi connectivity index (χ0n) is 16.7. The molecule has 8 nitrogen and oxygen atoms in total. The number of carbonyl (C=O) groups is 2. The van der Waals surface area contributed by atoms with Gasteiger partial charge in [-0.3, -0.25) is 9.59 Å². The van der Waals surface area contributed by atoms with E-state index in [1.807, 2.05) is 12.1 Å². The number of ether oxygens (including phenoxy) is 2. The molecule has 30 heavy (non-hydrogen) atoms. The highest BCUT2D eigenvalue weighted by molar-refractivity contribution is 5.95. The average Bonchev–Trinajstić information content (AvgIpc) is 2.73. The Labute approximate surface area is 174 Å². The summed E-state index contributed by atoms with van der Waals surface area (Å²) >= 11 is 0. The van der Waals surface area contributed by atoms with Gasteiger partial charge >= 0.3 is 0 Å². The minimum atomic E-state index is -1.40. The van der Waals surface area contributed by atoms with E-state index in [4.69, 9.17) is 9.47 Å². The van der Waals surface area contributed by atoms with Gasteiger partial charge in [0.25, 0.3) is 0 Å². The number of benzene rings is 2. The van der Waals surface area contributed by atoms with Crippen LogP contribution < -0.4 is 10.1 Å². The van der Waals surface area contributed by atoms with Crippen molar-refractivity contribution in [3.8, 4) is 16.9 Å². The summed E-state index contributed by atoms with van der Waals surface area (Å²) in [6.07, 6.45) is -5.04. The molecule has 0 aliphatic carbocycles. The maximum atomic E-state index is 11.7. The lowest BCUT2D eigenvalue weighted by atomic mass is 9.96. The van der Waals surface area contributed by atoms with Crippen LogP contribution in [0, 0.1) is 0 Å². The van der Waals surface area contributed by atoms with Crippen molar-refractivity contribution in [2.75, 3.05) is 6.61 Å². The van der Waals surface area contributed by atoms with Crippen LogP contribution in [0.25, 0.3) is 11.1 Å². The number of carbonyl (C=O) groups excluding carboxylic acids is 2. The SMILES string of the molecule is CC(=O)NC1C(Oc2ccccc2-c2cccc(C(C)=O)c2)OC(CO)C(O)C1O. The number of hydrogen-bond acceptors (Lipinski definition) is 7. The van der Waals surface area contributed by atoms with E-state index in [9.17, 15) is 24.9 Å². The lowest BCUT2D eigenvalue weighted by molar-refractivity contribution is -0.244. The summed E-state index contributed by atoms with van der Waals surface area (Å²) in [6.45, 7) is 2.22. The summed E-state index contributed by atoms with van der Waals surface area (Å²) in [6, 6.07) is 13.1. The van der Waals surface area contributed by atoms with Gasteiger partial charge in [-0.1, -0.05) is 36.4 Å². The van der Waals surface area contributed by atoms with Crippen LogP contribution in [0.1, 0.15) is 24.2 Å². The summed E-state index contributed by atoms with van der Waals surface area (Å²) in [5.74, 6) is -0.119. The van der Waals surface area contributed by atoms with Crippen molar-refractivity contribution < 1.29 is 34.4 Å². The van der Waals surface area contributed by atoms with Crippen LogP contribution >= 0.6 is 0 Å². The highest BCUT2D eigenvalue weighted by atomic mass is 16.7. The Morgan fingerprint density at radius 2 is 1.80 bits per heavy atom. The van der Waals surface area contributed by atoms with Crippen LogP contribution in [0.4, 0.5) is 0 Å². The molecule has 0 bridgehead atoms. The van der Waals surface area contributed by atoms with Crippen molar-refractivity contribution in [1.29, 1.82) is 0 Å². The smallest absolute Gasteiger partial charge is 0.223 e. The number of hydrogen-bond donors (Lipinski definition) is 4. The summed E-state index contributed by atoms with van der Waals surface area (Å²) in [5.41, 5.74) is 1.96. The Morgan fingerprint density at radius 1 is 1.07 bits per heavy atom. The third kappa shape index (κ3) is 4.68. The Morgan fingerprint density at radius 3 is 2.47 bits per heavy atom. The molecule has 2 aromatic rings. The number of nitrogens with one attached hydrogen (secondary N) is 1. The molecule has 0 aromatic heterocycles. The van der Waals surface area contributed by atoms with Gasteiger partial charge < -0.3 is 30.1 Å². The van der Waals surface area contributed by atoms with Crippen LogP contribution in [-0.2, 0) is 9.53 Å². The molecule has 1 amide bonds. The minimum absolute atomic E-state index is 0.0699. The molecule has 5 unspecified atom stereocenters. The summed E-state index contributed by atoms with van der Waals surface area (Å²) in [4.78, 5) is 23.4. The molecule has 2 aromatic carbocycles. The predicted octanol–water partition coefficient (Wildman–Crippen LogP) is 0.879. The maximum Gasteiger partial charge on any atom is 0.223 e. The van der Waals surface area contributed by atoms with Gasteiger partial charge in [0.15, 0.2) is 5.78 Å². The van der Waals surface area contributed by atoms with E-state index < -0.39 is 43.2 Å². The molecular weight excluding hydrogens is 390 g/mol. The van der Waals surface area contributed by atoms with Crippen molar-refractivity contribution in [1.82, 2.24) is 5.32 Å². The zero-order valence-corrected chi connectivity index (χ0v) is 16.7. The van der Waals surface area contributed by atoms with E-state index in [0.29, 0.717) is 16.9 Å². The van der Waals surface area contributed by atoms with Crippen LogP contribution in [0.5, 0.6) is 5.75 Å². The number of para-hydroxylation sites is 1. The molecule has 8 heteroatoms. The average molecular weight is 415 g/mol. The Balaban J connectivity index is 1.95. The van der Waals surface area contributed by atoms with Gasteiger partial charge in [-0.25, -0.2) is 0 Å². The fourth-order valence-electron chi connectivity index (χ4n) is 3.41. The van der Waals surface area contributed by atoms with Crippen molar-refractivity contribution >= 4 is 11.7 Å². The number of ketones is 1. The van der Waals surface area contributed by atoms with Crippen LogP contribution in [-0.4, -0.2) is 64.3 Å². The first kappa shape index (κ1) is 21.9. The van der Waals surface area contributed by atoms with E-state index in [1.165, 1.54) is 13.8 Å². The fraction of sp³-hybridized carbons (Fsp3) is 0.364. The molecule has 3 rings (SSSR count). The molecule has 1 aliphatic rings. The quantitative estimate of drug-likeness (QED) is 0.516. The molecule has 160 valence electrons. The maximum absolute atomic E-state index is 11.7. The van der Waals surface area contributed by atoms with Crippen molar-refractivity contribution in [2.24, 2.45) is 0 Å². The molecular formula is C22H25NO7. The lowest BCUT2D eigenvalue weighted by Crippen LogP contribution is -2.65. The Hall–Kier alpha value is -2.78. The normalized spacial score (nSPS) is 26.1. The molecule has 0 radical (unpaired) electrons. The van der Waals surface area contributed by atoms with E-state index in [-0.39, 0.29) is 5.78 Å². The second-order valence-corrected chi connectivity index (χ2v) is 7.18. The van der Waals surface area contributed by atoms with Gasteiger partial charge in [0.05, 0.1) is 6.61 Å². The first-order chi connectivity index (χ1) is 14.3. The number of aliphatic hydroxyl groups excluding tert-OH is 3. The zero-order chi connectivity index (χ0) is 21.8. The number of amides is 1. The van der Waals surface area contributed by atoms with Gasteiger partial charge in [0.1, 0.15) is 30.1 Å². The van der Waals surface area contributed by atoms with Gasteiger partial charge in [-0.15, -0.1) is 0 Å². The summed E-state index contributed by atoms with van der Waals surface area (Å²) in [5, 5.41) is 32.6. The summed E-state index contributed by atoms with van der Waals surface area (Å²) in [7, 11) is 0. The van der Waals surface area contributed by atoms with E-state index in [1.54, 1.807) is 36.4 Å². The molecule has 5 atom stereocenters. The van der Waals surface area contributed by atoms with E-state index >= 15 is 0 Å². The van der Waals surface area contributed by atoms with Gasteiger partial charge in [0.2, 0.25) is 12.2 Å². The van der Waals surface area contributed by atoms with Crippen LogP contribution in [0.3, 0.4) is 0 Å². The topological polar surface area (TPSA) is 125 Å². The first-order valence-corrected chi connectivity index (χ1v) is 9.58. The van der Waals surface area contributed by atoms with Gasteiger partial charge in [-0.2, -0.15) is 0 Å². The molecule has 0 saturated carbocycles. The highest BCUT2D eigenvalue weighted by Gasteiger charge is 2.46. The largest absolute Gasteiger partial charge is 0.462 e. The standard InChI is InChI=1S/C22H25NO7/c1-12(25)14-6-5-7-15(10-14)16-8-3-4-9-17(16)29-22-19(23-13(2)26)21(28)20(27)18(11-24)30-22/h3-10,18-22,24,27-28H,11H2,1-2H3,(H,23,26). The van der Waals surface area contributed by atoms with E-state index in [2.05, 4.69) is 5.32 Å². The molecule has 0 spiro atoms. The first-order valence-electron chi connectivity index (χ1n) is 9.58.